The second kappa shape index (κ2) is 7.65. The van der Waals surface area contributed by atoms with Gasteiger partial charge in [-0.1, -0.05) is 17.3 Å². The van der Waals surface area contributed by atoms with E-state index in [9.17, 15) is 18.9 Å². The summed E-state index contributed by atoms with van der Waals surface area (Å²) < 4.78 is 42.1. The number of nitrogens with zero attached hydrogens (tertiary/aromatic N) is 6. The van der Waals surface area contributed by atoms with Gasteiger partial charge in [0.15, 0.2) is 5.60 Å². The van der Waals surface area contributed by atoms with E-state index in [4.69, 9.17) is 9.47 Å². The molecule has 168 valence electrons. The standard InChI is InChI=1S/C21H16F2N6O4/c1-21(11-27-10-19(29(30)31)24-20(27)33-21)12-32-18-5-3-2-4-17(18)28-9-16(25-26-28)14-7-6-13(22)8-15(14)23/h2-10H,11-12H2,1H3/t21-/m1/s1. The van der Waals surface area contributed by atoms with E-state index in [2.05, 4.69) is 15.3 Å². The van der Waals surface area contributed by atoms with Gasteiger partial charge in [-0.25, -0.2) is 13.5 Å². The molecule has 0 spiro atoms. The molecule has 0 bridgehead atoms. The molecule has 1 aliphatic rings. The predicted octanol–water partition coefficient (Wildman–Crippen LogP) is 3.55. The molecule has 4 aromatic rings. The van der Waals surface area contributed by atoms with Gasteiger partial charge in [0, 0.05) is 16.6 Å². The molecule has 0 amide bonds. The lowest BCUT2D eigenvalue weighted by molar-refractivity contribution is -0.389. The minimum absolute atomic E-state index is 0.120. The third-order valence-electron chi connectivity index (χ3n) is 5.10. The number of fused-ring (bicyclic) bond motifs is 1. The molecule has 12 heteroatoms. The van der Waals surface area contributed by atoms with Crippen molar-refractivity contribution in [2.45, 2.75) is 19.1 Å². The zero-order valence-corrected chi connectivity index (χ0v) is 17.2. The Kier molecular flexibility index (Phi) is 4.77. The fraction of sp³-hybridized carbons (Fsp3) is 0.190. The number of para-hydroxylation sites is 2. The topological polar surface area (TPSA) is 110 Å². The van der Waals surface area contributed by atoms with Crippen LogP contribution in [0.3, 0.4) is 0 Å². The van der Waals surface area contributed by atoms with Gasteiger partial charge < -0.3 is 19.6 Å². The molecule has 0 saturated heterocycles. The summed E-state index contributed by atoms with van der Waals surface area (Å²) in [5.74, 6) is -1.23. The third-order valence-corrected chi connectivity index (χ3v) is 5.10. The number of aromatic nitrogens is 5. The summed E-state index contributed by atoms with van der Waals surface area (Å²) in [6.07, 6.45) is 2.83. The van der Waals surface area contributed by atoms with Gasteiger partial charge in [-0.2, -0.15) is 0 Å². The molecule has 1 atom stereocenters. The van der Waals surface area contributed by atoms with Crippen molar-refractivity contribution in [2.24, 2.45) is 0 Å². The highest BCUT2D eigenvalue weighted by Crippen LogP contribution is 2.32. The summed E-state index contributed by atoms with van der Waals surface area (Å²) in [6.45, 7) is 2.25. The first-order valence-electron chi connectivity index (χ1n) is 9.82. The van der Waals surface area contributed by atoms with Crippen molar-refractivity contribution < 1.29 is 23.2 Å². The van der Waals surface area contributed by atoms with Gasteiger partial charge >= 0.3 is 11.8 Å². The Morgan fingerprint density at radius 3 is 2.82 bits per heavy atom. The van der Waals surface area contributed by atoms with Crippen LogP contribution in [-0.4, -0.2) is 41.7 Å². The Labute approximate surface area is 185 Å². The maximum absolute atomic E-state index is 14.1. The van der Waals surface area contributed by atoms with Crippen LogP contribution >= 0.6 is 0 Å². The molecule has 0 unspecified atom stereocenters. The number of benzene rings is 2. The average molecular weight is 454 g/mol. The lowest BCUT2D eigenvalue weighted by Crippen LogP contribution is -2.38. The van der Waals surface area contributed by atoms with E-state index in [0.29, 0.717) is 18.0 Å². The molecular formula is C21H16F2N6O4. The van der Waals surface area contributed by atoms with Gasteiger partial charge in [0.1, 0.15) is 41.6 Å². The summed E-state index contributed by atoms with van der Waals surface area (Å²) in [5.41, 5.74) is 0.112. The molecule has 33 heavy (non-hydrogen) atoms. The van der Waals surface area contributed by atoms with Crippen LogP contribution in [0.25, 0.3) is 16.9 Å². The minimum Gasteiger partial charge on any atom is -0.487 e. The number of rotatable bonds is 6. The van der Waals surface area contributed by atoms with Gasteiger partial charge in [0.2, 0.25) is 0 Å². The summed E-state index contributed by atoms with van der Waals surface area (Å²) in [6, 6.07) is 10.4. The van der Waals surface area contributed by atoms with E-state index in [1.165, 1.54) is 23.1 Å². The van der Waals surface area contributed by atoms with Crippen molar-refractivity contribution >= 4 is 5.82 Å². The second-order valence-electron chi connectivity index (χ2n) is 7.75. The number of nitro groups is 1. The molecular weight excluding hydrogens is 438 g/mol. The van der Waals surface area contributed by atoms with E-state index in [0.717, 1.165) is 12.1 Å². The van der Waals surface area contributed by atoms with E-state index < -0.39 is 22.2 Å². The lowest BCUT2D eigenvalue weighted by atomic mass is 10.1. The fourth-order valence-electron chi connectivity index (χ4n) is 3.56. The van der Waals surface area contributed by atoms with E-state index in [1.807, 2.05) is 0 Å². The Balaban J connectivity index is 1.34. The quantitative estimate of drug-likeness (QED) is 0.324. The number of ether oxygens (including phenoxy) is 2. The van der Waals surface area contributed by atoms with Gasteiger partial charge in [-0.3, -0.25) is 4.57 Å². The van der Waals surface area contributed by atoms with Gasteiger partial charge in [-0.05, 0) is 36.1 Å². The smallest absolute Gasteiger partial charge is 0.415 e. The van der Waals surface area contributed by atoms with Crippen LogP contribution in [0.2, 0.25) is 0 Å². The van der Waals surface area contributed by atoms with Crippen molar-refractivity contribution in [3.63, 3.8) is 0 Å². The Morgan fingerprint density at radius 2 is 2.06 bits per heavy atom. The second-order valence-corrected chi connectivity index (χ2v) is 7.75. The number of hydrogen-bond donors (Lipinski definition) is 0. The zero-order chi connectivity index (χ0) is 23.2. The highest BCUT2D eigenvalue weighted by atomic mass is 19.1. The summed E-state index contributed by atoms with van der Waals surface area (Å²) in [4.78, 5) is 14.2. The predicted molar refractivity (Wildman–Crippen MR) is 110 cm³/mol. The van der Waals surface area contributed by atoms with Crippen LogP contribution in [0.4, 0.5) is 14.6 Å². The molecule has 1 aliphatic heterocycles. The molecule has 0 aliphatic carbocycles. The van der Waals surface area contributed by atoms with Crippen molar-refractivity contribution in [3.05, 3.63) is 76.6 Å². The molecule has 2 aromatic heterocycles. The monoisotopic (exact) mass is 454 g/mol. The first kappa shape index (κ1) is 20.5. The number of hydrogen-bond acceptors (Lipinski definition) is 7. The normalized spacial score (nSPS) is 16.9. The first-order valence-corrected chi connectivity index (χ1v) is 9.82. The molecule has 5 rings (SSSR count). The maximum Gasteiger partial charge on any atom is 0.415 e. The Hall–Kier alpha value is -4.35. The molecule has 0 saturated carbocycles. The Morgan fingerprint density at radius 1 is 1.24 bits per heavy atom. The van der Waals surface area contributed by atoms with Crippen molar-refractivity contribution in [1.82, 2.24) is 24.5 Å². The van der Waals surface area contributed by atoms with Gasteiger partial charge in [-0.15, -0.1) is 5.10 Å². The molecule has 2 aromatic carbocycles. The minimum atomic E-state index is -0.796. The summed E-state index contributed by atoms with van der Waals surface area (Å²) in [7, 11) is 0. The van der Waals surface area contributed by atoms with Crippen LogP contribution < -0.4 is 9.47 Å². The van der Waals surface area contributed by atoms with Crippen LogP contribution in [0.5, 0.6) is 11.8 Å². The molecule has 10 nitrogen and oxygen atoms in total. The maximum atomic E-state index is 14.1. The van der Waals surface area contributed by atoms with Crippen molar-refractivity contribution in [1.29, 1.82) is 0 Å². The Bertz CT molecular complexity index is 1350. The summed E-state index contributed by atoms with van der Waals surface area (Å²) >= 11 is 0. The highest BCUT2D eigenvalue weighted by molar-refractivity contribution is 5.59. The lowest BCUT2D eigenvalue weighted by Gasteiger charge is -2.22. The largest absolute Gasteiger partial charge is 0.487 e. The van der Waals surface area contributed by atoms with Crippen LogP contribution in [0.15, 0.2) is 54.9 Å². The zero-order valence-electron chi connectivity index (χ0n) is 17.2. The number of imidazole rings is 1. The molecule has 0 radical (unpaired) electrons. The molecule has 3 heterocycles. The van der Waals surface area contributed by atoms with Crippen LogP contribution in [-0.2, 0) is 6.54 Å². The molecule has 0 N–H and O–H groups in total. The van der Waals surface area contributed by atoms with E-state index in [-0.39, 0.29) is 29.7 Å². The fourth-order valence-corrected chi connectivity index (χ4v) is 3.56. The van der Waals surface area contributed by atoms with E-state index >= 15 is 0 Å². The van der Waals surface area contributed by atoms with Crippen molar-refractivity contribution in [3.8, 4) is 28.7 Å². The van der Waals surface area contributed by atoms with Crippen LogP contribution in [0.1, 0.15) is 6.92 Å². The SMILES string of the molecule is C[C@]1(COc2ccccc2-n2cc(-c3ccc(F)cc3F)nn2)Cn2cc([N+](=O)[O-])nc2O1. The van der Waals surface area contributed by atoms with E-state index in [1.54, 1.807) is 35.8 Å². The highest BCUT2D eigenvalue weighted by Gasteiger charge is 2.41. The first-order chi connectivity index (χ1) is 15.8. The average Bonchev–Trinajstić information content (AvgIpc) is 3.47. The van der Waals surface area contributed by atoms with Crippen LogP contribution in [0, 0.1) is 21.7 Å². The van der Waals surface area contributed by atoms with Gasteiger partial charge in [0.25, 0.3) is 0 Å². The van der Waals surface area contributed by atoms with Crippen molar-refractivity contribution in [2.75, 3.05) is 6.61 Å². The third kappa shape index (κ3) is 3.86. The number of halogens is 2. The van der Waals surface area contributed by atoms with Gasteiger partial charge in [0.05, 0.1) is 12.7 Å². The molecule has 0 fully saturated rings. The summed E-state index contributed by atoms with van der Waals surface area (Å²) in [5, 5.41) is 18.9.